The Kier molecular flexibility index (Phi) is 2.26. The SMILES string of the molecule is Cc1cc(-c2ccn[nH]2)nn1-c1ccccc1. The molecule has 0 aliphatic carbocycles. The minimum absolute atomic E-state index is 0.906. The van der Waals surface area contributed by atoms with Crippen LogP contribution >= 0.6 is 0 Å². The normalized spacial score (nSPS) is 10.6. The first-order valence-corrected chi connectivity index (χ1v) is 5.46. The van der Waals surface area contributed by atoms with Gasteiger partial charge in [0.25, 0.3) is 0 Å². The van der Waals surface area contributed by atoms with Gasteiger partial charge in [0.15, 0.2) is 0 Å². The fraction of sp³-hybridized carbons (Fsp3) is 0.0769. The second kappa shape index (κ2) is 3.90. The molecule has 4 nitrogen and oxygen atoms in total. The Morgan fingerprint density at radius 2 is 1.94 bits per heavy atom. The van der Waals surface area contributed by atoms with Gasteiger partial charge >= 0.3 is 0 Å². The van der Waals surface area contributed by atoms with Gasteiger partial charge in [-0.25, -0.2) is 4.68 Å². The number of nitrogens with zero attached hydrogens (tertiary/aromatic N) is 3. The van der Waals surface area contributed by atoms with Gasteiger partial charge in [-0.1, -0.05) is 18.2 Å². The van der Waals surface area contributed by atoms with Crippen LogP contribution in [0.25, 0.3) is 17.1 Å². The van der Waals surface area contributed by atoms with Crippen molar-refractivity contribution < 1.29 is 0 Å². The van der Waals surface area contributed by atoms with E-state index < -0.39 is 0 Å². The van der Waals surface area contributed by atoms with Crippen molar-refractivity contribution in [1.82, 2.24) is 20.0 Å². The number of aromatic nitrogens is 4. The summed E-state index contributed by atoms with van der Waals surface area (Å²) in [5, 5.41) is 11.4. The molecule has 0 unspecified atom stereocenters. The van der Waals surface area contributed by atoms with Gasteiger partial charge < -0.3 is 0 Å². The standard InChI is InChI=1S/C13H12N4/c1-10-9-13(12-7-8-14-15-12)16-17(10)11-5-3-2-4-6-11/h2-9H,1H3,(H,14,15). The van der Waals surface area contributed by atoms with Crippen molar-refractivity contribution >= 4 is 0 Å². The van der Waals surface area contributed by atoms with Crippen molar-refractivity contribution in [3.8, 4) is 17.1 Å². The molecule has 0 fully saturated rings. The lowest BCUT2D eigenvalue weighted by Gasteiger charge is -2.02. The van der Waals surface area contributed by atoms with Crippen LogP contribution in [-0.2, 0) is 0 Å². The zero-order valence-electron chi connectivity index (χ0n) is 9.46. The lowest BCUT2D eigenvalue weighted by Crippen LogP contribution is -1.98. The van der Waals surface area contributed by atoms with E-state index in [4.69, 9.17) is 0 Å². The van der Waals surface area contributed by atoms with E-state index in [9.17, 15) is 0 Å². The molecule has 3 rings (SSSR count). The summed E-state index contributed by atoms with van der Waals surface area (Å²) in [4.78, 5) is 0. The third-order valence-electron chi connectivity index (χ3n) is 2.66. The first kappa shape index (κ1) is 9.84. The molecule has 17 heavy (non-hydrogen) atoms. The molecule has 2 heterocycles. The topological polar surface area (TPSA) is 46.5 Å². The average Bonchev–Trinajstić information content (AvgIpc) is 2.99. The zero-order valence-corrected chi connectivity index (χ0v) is 9.46. The Bertz CT molecular complexity index is 608. The fourth-order valence-corrected chi connectivity index (χ4v) is 1.84. The van der Waals surface area contributed by atoms with Crippen LogP contribution in [0.4, 0.5) is 0 Å². The molecule has 2 aromatic heterocycles. The van der Waals surface area contributed by atoms with E-state index in [-0.39, 0.29) is 0 Å². The predicted octanol–water partition coefficient (Wildman–Crippen LogP) is 2.57. The summed E-state index contributed by atoms with van der Waals surface area (Å²) in [5.41, 5.74) is 4.00. The number of aryl methyl sites for hydroxylation is 1. The fourth-order valence-electron chi connectivity index (χ4n) is 1.84. The number of para-hydroxylation sites is 1. The summed E-state index contributed by atoms with van der Waals surface area (Å²) < 4.78 is 1.93. The van der Waals surface area contributed by atoms with E-state index >= 15 is 0 Å². The van der Waals surface area contributed by atoms with Crippen molar-refractivity contribution in [3.05, 3.63) is 54.4 Å². The Hall–Kier alpha value is -2.36. The maximum atomic E-state index is 4.57. The summed E-state index contributed by atoms with van der Waals surface area (Å²) in [6.07, 6.45) is 1.73. The van der Waals surface area contributed by atoms with E-state index in [1.807, 2.05) is 54.1 Å². The Balaban J connectivity index is 2.08. The molecule has 1 aromatic carbocycles. The quantitative estimate of drug-likeness (QED) is 0.727. The number of aromatic amines is 1. The van der Waals surface area contributed by atoms with Crippen molar-refractivity contribution in [1.29, 1.82) is 0 Å². The van der Waals surface area contributed by atoms with E-state index in [0.717, 1.165) is 22.8 Å². The highest BCUT2D eigenvalue weighted by Gasteiger charge is 2.08. The molecule has 1 N–H and O–H groups in total. The maximum Gasteiger partial charge on any atom is 0.111 e. The van der Waals surface area contributed by atoms with Gasteiger partial charge in [-0.15, -0.1) is 0 Å². The van der Waals surface area contributed by atoms with Crippen LogP contribution in [0.3, 0.4) is 0 Å². The van der Waals surface area contributed by atoms with Gasteiger partial charge in [-0.2, -0.15) is 10.2 Å². The average molecular weight is 224 g/mol. The van der Waals surface area contributed by atoms with E-state index in [1.54, 1.807) is 6.20 Å². The smallest absolute Gasteiger partial charge is 0.111 e. The number of hydrogen-bond donors (Lipinski definition) is 1. The second-order valence-electron chi connectivity index (χ2n) is 3.89. The summed E-state index contributed by atoms with van der Waals surface area (Å²) in [5.74, 6) is 0. The molecule has 0 bridgehead atoms. The van der Waals surface area contributed by atoms with Crippen LogP contribution in [0.5, 0.6) is 0 Å². The summed E-state index contributed by atoms with van der Waals surface area (Å²) in [6, 6.07) is 14.0. The summed E-state index contributed by atoms with van der Waals surface area (Å²) in [7, 11) is 0. The molecule has 0 atom stereocenters. The lowest BCUT2D eigenvalue weighted by atomic mass is 10.3. The molecule has 0 saturated heterocycles. The van der Waals surface area contributed by atoms with Crippen LogP contribution in [0, 0.1) is 6.92 Å². The van der Waals surface area contributed by atoms with E-state index in [0.29, 0.717) is 0 Å². The minimum atomic E-state index is 0.906. The van der Waals surface area contributed by atoms with Gasteiger partial charge in [-0.3, -0.25) is 5.10 Å². The Morgan fingerprint density at radius 3 is 2.65 bits per heavy atom. The van der Waals surface area contributed by atoms with Crippen LogP contribution in [-0.4, -0.2) is 20.0 Å². The number of benzene rings is 1. The lowest BCUT2D eigenvalue weighted by molar-refractivity contribution is 0.848. The summed E-state index contributed by atoms with van der Waals surface area (Å²) >= 11 is 0. The van der Waals surface area contributed by atoms with Gasteiger partial charge in [0.2, 0.25) is 0 Å². The molecule has 3 aromatic rings. The Morgan fingerprint density at radius 1 is 1.12 bits per heavy atom. The van der Waals surface area contributed by atoms with Gasteiger partial charge in [0.05, 0.1) is 11.4 Å². The summed E-state index contributed by atoms with van der Waals surface area (Å²) in [6.45, 7) is 2.04. The third kappa shape index (κ3) is 1.73. The van der Waals surface area contributed by atoms with Crippen LogP contribution < -0.4 is 0 Å². The first-order valence-electron chi connectivity index (χ1n) is 5.46. The number of rotatable bonds is 2. The number of H-pyrrole nitrogens is 1. The third-order valence-corrected chi connectivity index (χ3v) is 2.66. The van der Waals surface area contributed by atoms with Gasteiger partial charge in [-0.05, 0) is 31.2 Å². The van der Waals surface area contributed by atoms with E-state index in [1.165, 1.54) is 0 Å². The van der Waals surface area contributed by atoms with Gasteiger partial charge in [0, 0.05) is 11.9 Å². The highest BCUT2D eigenvalue weighted by molar-refractivity contribution is 5.54. The molecule has 0 aliphatic rings. The van der Waals surface area contributed by atoms with Crippen LogP contribution in [0.1, 0.15) is 5.69 Å². The van der Waals surface area contributed by atoms with Crippen molar-refractivity contribution in [2.45, 2.75) is 6.92 Å². The molecule has 0 radical (unpaired) electrons. The largest absolute Gasteiger partial charge is 0.276 e. The predicted molar refractivity (Wildman–Crippen MR) is 65.9 cm³/mol. The Labute approximate surface area is 98.9 Å². The number of nitrogens with one attached hydrogen (secondary N) is 1. The zero-order chi connectivity index (χ0) is 11.7. The van der Waals surface area contributed by atoms with Crippen molar-refractivity contribution in [2.24, 2.45) is 0 Å². The van der Waals surface area contributed by atoms with Crippen molar-refractivity contribution in [2.75, 3.05) is 0 Å². The molecule has 0 saturated carbocycles. The second-order valence-corrected chi connectivity index (χ2v) is 3.89. The molecule has 4 heteroatoms. The molecule has 0 amide bonds. The van der Waals surface area contributed by atoms with Gasteiger partial charge in [0.1, 0.15) is 5.69 Å². The monoisotopic (exact) mass is 224 g/mol. The molecular weight excluding hydrogens is 212 g/mol. The molecule has 84 valence electrons. The minimum Gasteiger partial charge on any atom is -0.276 e. The van der Waals surface area contributed by atoms with E-state index in [2.05, 4.69) is 15.3 Å². The highest BCUT2D eigenvalue weighted by Crippen LogP contribution is 2.18. The van der Waals surface area contributed by atoms with Crippen LogP contribution in [0.2, 0.25) is 0 Å². The number of hydrogen-bond acceptors (Lipinski definition) is 2. The first-order chi connectivity index (χ1) is 8.34. The maximum absolute atomic E-state index is 4.57. The molecule has 0 aliphatic heterocycles. The van der Waals surface area contributed by atoms with Crippen LogP contribution in [0.15, 0.2) is 48.7 Å². The highest BCUT2D eigenvalue weighted by atomic mass is 15.3. The van der Waals surface area contributed by atoms with Crippen molar-refractivity contribution in [3.63, 3.8) is 0 Å². The molecular formula is C13H12N4. The molecule has 0 spiro atoms.